The van der Waals surface area contributed by atoms with Gasteiger partial charge in [0, 0.05) is 38.8 Å². The molecule has 0 atom stereocenters. The number of ether oxygens (including phenoxy) is 1. The number of carboxylic acids is 1. The fourth-order valence-corrected chi connectivity index (χ4v) is 2.86. The predicted octanol–water partition coefficient (Wildman–Crippen LogP) is 1.51. The van der Waals surface area contributed by atoms with E-state index in [1.54, 1.807) is 13.2 Å². The molecule has 0 bridgehead atoms. The van der Waals surface area contributed by atoms with Gasteiger partial charge in [-0.25, -0.2) is 4.79 Å². The van der Waals surface area contributed by atoms with Gasteiger partial charge in [0.25, 0.3) is 0 Å². The molecule has 1 fully saturated rings. The van der Waals surface area contributed by atoms with Crippen molar-refractivity contribution in [1.29, 1.82) is 0 Å². The van der Waals surface area contributed by atoms with E-state index in [0.29, 0.717) is 19.6 Å². The molecule has 0 radical (unpaired) electrons. The summed E-state index contributed by atoms with van der Waals surface area (Å²) in [4.78, 5) is 26.9. The van der Waals surface area contributed by atoms with Gasteiger partial charge >= 0.3 is 5.97 Å². The zero-order valence-corrected chi connectivity index (χ0v) is 15.6. The normalized spacial score (nSPS) is 15.3. The largest absolute Gasteiger partial charge is 0.495 e. The molecule has 26 heavy (non-hydrogen) atoms. The lowest BCUT2D eigenvalue weighted by Crippen LogP contribution is -2.50. The lowest BCUT2D eigenvalue weighted by molar-refractivity contribution is -0.131. The maximum absolute atomic E-state index is 12.4. The van der Waals surface area contributed by atoms with Crippen LogP contribution in [0.3, 0.4) is 0 Å². The van der Waals surface area contributed by atoms with Crippen molar-refractivity contribution in [2.45, 2.75) is 13.8 Å². The van der Waals surface area contributed by atoms with Crippen LogP contribution in [0.2, 0.25) is 0 Å². The molecule has 7 heteroatoms. The summed E-state index contributed by atoms with van der Waals surface area (Å²) in [7, 11) is 1.62. The van der Waals surface area contributed by atoms with Crippen molar-refractivity contribution in [3.63, 3.8) is 0 Å². The van der Waals surface area contributed by atoms with Gasteiger partial charge in [0.05, 0.1) is 19.3 Å². The van der Waals surface area contributed by atoms with Crippen molar-refractivity contribution < 1.29 is 19.4 Å². The van der Waals surface area contributed by atoms with Crippen LogP contribution in [0.25, 0.3) is 0 Å². The topological polar surface area (TPSA) is 82.1 Å². The Hall–Kier alpha value is -2.54. The Balaban J connectivity index is 1.83. The average Bonchev–Trinajstić information content (AvgIpc) is 2.62. The fourth-order valence-electron chi connectivity index (χ4n) is 2.86. The Morgan fingerprint density at radius 2 is 1.85 bits per heavy atom. The van der Waals surface area contributed by atoms with Crippen LogP contribution in [0.5, 0.6) is 5.75 Å². The van der Waals surface area contributed by atoms with Crippen LogP contribution in [0.1, 0.15) is 11.1 Å². The minimum Gasteiger partial charge on any atom is -0.495 e. The molecule has 1 aromatic carbocycles. The molecule has 7 nitrogen and oxygen atoms in total. The number of rotatable bonds is 7. The number of piperazine rings is 1. The molecule has 1 saturated heterocycles. The van der Waals surface area contributed by atoms with Crippen LogP contribution < -0.4 is 10.1 Å². The third kappa shape index (κ3) is 5.49. The quantitative estimate of drug-likeness (QED) is 0.717. The average molecular weight is 361 g/mol. The Morgan fingerprint density at radius 3 is 2.46 bits per heavy atom. The second-order valence-electron chi connectivity index (χ2n) is 6.41. The highest BCUT2D eigenvalue weighted by molar-refractivity contribution is 5.82. The van der Waals surface area contributed by atoms with Crippen LogP contribution in [-0.4, -0.2) is 73.2 Å². The number of nitrogens with one attached hydrogen (secondary N) is 1. The molecule has 0 spiro atoms. The van der Waals surface area contributed by atoms with Gasteiger partial charge in [-0.05, 0) is 37.1 Å². The Bertz CT molecular complexity index is 680. The van der Waals surface area contributed by atoms with E-state index >= 15 is 0 Å². The SMILES string of the molecule is COc1cc(C)c(C)cc1NCC(=O)N1CCN(C/C=C/C(=O)O)CC1. The molecular formula is C19H27N3O4. The number of aryl methyl sites for hydroxylation is 2. The van der Waals surface area contributed by atoms with Gasteiger partial charge < -0.3 is 20.1 Å². The smallest absolute Gasteiger partial charge is 0.328 e. The summed E-state index contributed by atoms with van der Waals surface area (Å²) in [5, 5.41) is 11.8. The monoisotopic (exact) mass is 361 g/mol. The van der Waals surface area contributed by atoms with Crippen LogP contribution in [0, 0.1) is 13.8 Å². The second kappa shape index (κ2) is 9.24. The van der Waals surface area contributed by atoms with Crippen LogP contribution in [-0.2, 0) is 9.59 Å². The molecule has 0 aromatic heterocycles. The number of anilines is 1. The summed E-state index contributed by atoms with van der Waals surface area (Å²) >= 11 is 0. The Labute approximate surface area is 154 Å². The second-order valence-corrected chi connectivity index (χ2v) is 6.41. The standard InChI is InChI=1S/C19H27N3O4/c1-14-11-16(17(26-3)12-15(14)2)20-13-18(23)22-9-7-21(8-10-22)6-4-5-19(24)25/h4-5,11-12,20H,6-10,13H2,1-3H3,(H,24,25)/b5-4+. The van der Waals surface area contributed by atoms with Gasteiger partial charge in [-0.15, -0.1) is 0 Å². The molecule has 2 N–H and O–H groups in total. The third-order valence-electron chi connectivity index (χ3n) is 4.59. The van der Waals surface area contributed by atoms with Gasteiger partial charge in [0.1, 0.15) is 5.75 Å². The molecule has 0 unspecified atom stereocenters. The minimum atomic E-state index is -0.938. The minimum absolute atomic E-state index is 0.0472. The molecule has 1 aliphatic heterocycles. The molecule has 0 aliphatic carbocycles. The van der Waals surface area contributed by atoms with Crippen molar-refractivity contribution in [3.05, 3.63) is 35.4 Å². The van der Waals surface area contributed by atoms with Gasteiger partial charge in [0.2, 0.25) is 5.91 Å². The molecule has 1 amide bonds. The molecular weight excluding hydrogens is 334 g/mol. The van der Waals surface area contributed by atoms with Crippen LogP contribution in [0.15, 0.2) is 24.3 Å². The van der Waals surface area contributed by atoms with E-state index in [1.807, 2.05) is 30.9 Å². The van der Waals surface area contributed by atoms with Crippen molar-refractivity contribution >= 4 is 17.6 Å². The number of carboxylic acid groups (broad SMARTS) is 1. The highest BCUT2D eigenvalue weighted by Gasteiger charge is 2.20. The van der Waals surface area contributed by atoms with Crippen LogP contribution in [0.4, 0.5) is 5.69 Å². The van der Waals surface area contributed by atoms with E-state index in [2.05, 4.69) is 10.2 Å². The first-order valence-electron chi connectivity index (χ1n) is 8.69. The predicted molar refractivity (Wildman–Crippen MR) is 101 cm³/mol. The number of hydrogen-bond acceptors (Lipinski definition) is 5. The molecule has 142 valence electrons. The van der Waals surface area contributed by atoms with E-state index in [1.165, 1.54) is 0 Å². The number of aliphatic carboxylic acids is 1. The summed E-state index contributed by atoms with van der Waals surface area (Å²) in [5.41, 5.74) is 3.11. The first kappa shape index (κ1) is 19.8. The van der Waals surface area contributed by atoms with E-state index < -0.39 is 5.97 Å². The van der Waals surface area contributed by atoms with Crippen molar-refractivity contribution in [1.82, 2.24) is 9.80 Å². The summed E-state index contributed by atoms with van der Waals surface area (Å²) in [5.74, 6) is -0.159. The zero-order valence-electron chi connectivity index (χ0n) is 15.6. The third-order valence-corrected chi connectivity index (χ3v) is 4.59. The van der Waals surface area contributed by atoms with E-state index in [9.17, 15) is 9.59 Å². The first-order chi connectivity index (χ1) is 12.4. The van der Waals surface area contributed by atoms with Gasteiger partial charge in [0.15, 0.2) is 0 Å². The number of amides is 1. The first-order valence-corrected chi connectivity index (χ1v) is 8.69. The summed E-state index contributed by atoms with van der Waals surface area (Å²) in [6.07, 6.45) is 2.78. The highest BCUT2D eigenvalue weighted by Crippen LogP contribution is 2.27. The maximum atomic E-state index is 12.4. The van der Waals surface area contributed by atoms with E-state index in [-0.39, 0.29) is 12.5 Å². The molecule has 2 rings (SSSR count). The number of carbonyl (C=O) groups is 2. The number of carbonyl (C=O) groups excluding carboxylic acids is 1. The number of benzene rings is 1. The van der Waals surface area contributed by atoms with Gasteiger partial charge in [-0.1, -0.05) is 6.08 Å². The van der Waals surface area contributed by atoms with Crippen molar-refractivity contribution in [2.75, 3.05) is 51.7 Å². The molecule has 1 heterocycles. The van der Waals surface area contributed by atoms with Crippen molar-refractivity contribution in [2.24, 2.45) is 0 Å². The van der Waals surface area contributed by atoms with E-state index in [4.69, 9.17) is 9.84 Å². The summed E-state index contributed by atoms with van der Waals surface area (Å²) in [6, 6.07) is 3.96. The maximum Gasteiger partial charge on any atom is 0.328 e. The lowest BCUT2D eigenvalue weighted by atomic mass is 10.1. The number of hydrogen-bond donors (Lipinski definition) is 2. The Morgan fingerprint density at radius 1 is 1.19 bits per heavy atom. The van der Waals surface area contributed by atoms with Gasteiger partial charge in [-0.3, -0.25) is 9.69 Å². The summed E-state index contributed by atoms with van der Waals surface area (Å²) < 4.78 is 5.39. The number of methoxy groups -OCH3 is 1. The highest BCUT2D eigenvalue weighted by atomic mass is 16.5. The van der Waals surface area contributed by atoms with Gasteiger partial charge in [-0.2, -0.15) is 0 Å². The molecule has 1 aliphatic rings. The lowest BCUT2D eigenvalue weighted by Gasteiger charge is -2.34. The molecule has 1 aromatic rings. The van der Waals surface area contributed by atoms with E-state index in [0.717, 1.165) is 41.7 Å². The fraction of sp³-hybridized carbons (Fsp3) is 0.474. The summed E-state index contributed by atoms with van der Waals surface area (Å²) in [6.45, 7) is 7.63. The number of nitrogens with zero attached hydrogens (tertiary/aromatic N) is 2. The van der Waals surface area contributed by atoms with Crippen molar-refractivity contribution in [3.8, 4) is 5.75 Å². The molecule has 0 saturated carbocycles. The Kier molecular flexibility index (Phi) is 7.03. The zero-order chi connectivity index (χ0) is 19.1. The van der Waals surface area contributed by atoms with Crippen LogP contribution >= 0.6 is 0 Å².